The molecular weight excluding hydrogens is 476 g/mol. The summed E-state index contributed by atoms with van der Waals surface area (Å²) in [4.78, 5) is 22.4. The van der Waals surface area contributed by atoms with E-state index in [4.69, 9.17) is 27.5 Å². The van der Waals surface area contributed by atoms with Gasteiger partial charge in [0.25, 0.3) is 0 Å². The predicted octanol–water partition coefficient (Wildman–Crippen LogP) is 5.59. The van der Waals surface area contributed by atoms with Gasteiger partial charge in [-0.05, 0) is 54.3 Å². The minimum absolute atomic E-state index is 0.194. The van der Waals surface area contributed by atoms with Crippen LogP contribution in [0.4, 0.5) is 4.79 Å². The van der Waals surface area contributed by atoms with Crippen molar-refractivity contribution in [2.24, 2.45) is 0 Å². The zero-order chi connectivity index (χ0) is 24.9. The van der Waals surface area contributed by atoms with Crippen LogP contribution in [0.25, 0.3) is 10.9 Å². The number of aromatic nitrogens is 3. The van der Waals surface area contributed by atoms with Crippen LogP contribution >= 0.6 is 11.6 Å². The molecule has 0 radical (unpaired) electrons. The fraction of sp³-hybridized carbons (Fsp3) is 0.286. The highest BCUT2D eigenvalue weighted by Gasteiger charge is 2.35. The van der Waals surface area contributed by atoms with Gasteiger partial charge in [-0.2, -0.15) is 0 Å². The largest absolute Gasteiger partial charge is 0.494 e. The predicted molar refractivity (Wildman–Crippen MR) is 139 cm³/mol. The molecule has 0 spiro atoms. The second kappa shape index (κ2) is 10.8. The van der Waals surface area contributed by atoms with Gasteiger partial charge in [-0.3, -0.25) is 4.90 Å². The molecule has 0 bridgehead atoms. The van der Waals surface area contributed by atoms with Gasteiger partial charge in [-0.25, -0.2) is 9.78 Å². The van der Waals surface area contributed by atoms with E-state index in [1.54, 1.807) is 17.4 Å². The molecule has 2 aromatic heterocycles. The highest BCUT2D eigenvalue weighted by atomic mass is 35.5. The fourth-order valence-electron chi connectivity index (χ4n) is 4.69. The van der Waals surface area contributed by atoms with Crippen molar-refractivity contribution >= 4 is 28.6 Å². The van der Waals surface area contributed by atoms with Crippen molar-refractivity contribution in [1.82, 2.24) is 19.4 Å². The van der Waals surface area contributed by atoms with Crippen LogP contribution in [0.15, 0.2) is 61.2 Å². The Labute approximate surface area is 215 Å². The van der Waals surface area contributed by atoms with Crippen molar-refractivity contribution < 1.29 is 14.3 Å². The molecule has 7 nitrogen and oxygen atoms in total. The van der Waals surface area contributed by atoms with E-state index in [9.17, 15) is 4.79 Å². The number of terminal acetylenes is 1. The molecule has 1 N–H and O–H groups in total. The molecule has 0 saturated heterocycles. The normalized spacial score (nSPS) is 14.9. The van der Waals surface area contributed by atoms with E-state index in [0.29, 0.717) is 31.0 Å². The number of hydrogen-bond donors (Lipinski definition) is 1. The molecule has 1 atom stereocenters. The van der Waals surface area contributed by atoms with Crippen LogP contribution in [0.5, 0.6) is 5.75 Å². The number of fused-ring (bicyclic) bond motifs is 3. The van der Waals surface area contributed by atoms with E-state index in [1.807, 2.05) is 53.2 Å². The SMILES string of the molecule is C#CCCOC(=O)N1CCc2c([nH]c3ccc(Cl)cc23)C1c1ccc(OCCCn2ccnc2)cc1. The summed E-state index contributed by atoms with van der Waals surface area (Å²) in [5.74, 6) is 3.29. The smallest absolute Gasteiger partial charge is 0.410 e. The Morgan fingerprint density at radius 2 is 2.08 bits per heavy atom. The van der Waals surface area contributed by atoms with Gasteiger partial charge in [0, 0.05) is 53.5 Å². The summed E-state index contributed by atoms with van der Waals surface area (Å²) in [7, 11) is 0. The van der Waals surface area contributed by atoms with E-state index < -0.39 is 0 Å². The second-order valence-corrected chi connectivity index (χ2v) is 9.13. The third-order valence-corrected chi connectivity index (χ3v) is 6.61. The Balaban J connectivity index is 1.38. The lowest BCUT2D eigenvalue weighted by Gasteiger charge is -2.35. The van der Waals surface area contributed by atoms with Crippen LogP contribution in [-0.2, 0) is 17.7 Å². The van der Waals surface area contributed by atoms with Gasteiger partial charge in [-0.1, -0.05) is 23.7 Å². The van der Waals surface area contributed by atoms with Crippen LogP contribution in [0, 0.1) is 12.3 Å². The number of rotatable bonds is 8. The molecule has 4 aromatic rings. The number of imidazole rings is 1. The third-order valence-electron chi connectivity index (χ3n) is 6.38. The van der Waals surface area contributed by atoms with Gasteiger partial charge in [0.05, 0.1) is 12.9 Å². The van der Waals surface area contributed by atoms with E-state index in [-0.39, 0.29) is 18.7 Å². The molecule has 184 valence electrons. The molecule has 2 aromatic carbocycles. The summed E-state index contributed by atoms with van der Waals surface area (Å²) in [6.45, 7) is 2.17. The average molecular weight is 503 g/mol. The van der Waals surface area contributed by atoms with Gasteiger partial charge in [0.15, 0.2) is 0 Å². The minimum Gasteiger partial charge on any atom is -0.494 e. The van der Waals surface area contributed by atoms with Crippen LogP contribution in [0.2, 0.25) is 5.02 Å². The Morgan fingerprint density at radius 1 is 1.22 bits per heavy atom. The Morgan fingerprint density at radius 3 is 2.86 bits per heavy atom. The summed E-state index contributed by atoms with van der Waals surface area (Å²) in [5.41, 5.74) is 4.11. The summed E-state index contributed by atoms with van der Waals surface area (Å²) >= 11 is 6.29. The van der Waals surface area contributed by atoms with E-state index in [0.717, 1.165) is 40.9 Å². The first-order chi connectivity index (χ1) is 17.6. The number of aromatic amines is 1. The lowest BCUT2D eigenvalue weighted by molar-refractivity contribution is 0.0907. The third kappa shape index (κ3) is 5.05. The number of carbonyl (C=O) groups is 1. The summed E-state index contributed by atoms with van der Waals surface area (Å²) in [6.07, 6.45) is 12.4. The number of aryl methyl sites for hydroxylation is 1. The molecule has 1 aliphatic rings. The molecule has 0 fully saturated rings. The fourth-order valence-corrected chi connectivity index (χ4v) is 4.86. The van der Waals surface area contributed by atoms with Crippen LogP contribution in [0.1, 0.15) is 35.7 Å². The van der Waals surface area contributed by atoms with Gasteiger partial charge >= 0.3 is 6.09 Å². The van der Waals surface area contributed by atoms with Crippen molar-refractivity contribution in [2.45, 2.75) is 31.8 Å². The number of benzene rings is 2. The zero-order valence-corrected chi connectivity index (χ0v) is 20.6. The molecule has 0 aliphatic carbocycles. The highest BCUT2D eigenvalue weighted by molar-refractivity contribution is 6.31. The maximum atomic E-state index is 13.0. The molecule has 3 heterocycles. The molecular formula is C28H27ClN4O3. The topological polar surface area (TPSA) is 72.4 Å². The number of carbonyl (C=O) groups excluding carboxylic acids is 1. The number of hydrogen-bond acceptors (Lipinski definition) is 4. The maximum Gasteiger partial charge on any atom is 0.410 e. The van der Waals surface area contributed by atoms with Crippen molar-refractivity contribution in [3.8, 4) is 18.1 Å². The first-order valence-corrected chi connectivity index (χ1v) is 12.4. The monoisotopic (exact) mass is 502 g/mol. The number of H-pyrrole nitrogens is 1. The summed E-state index contributed by atoms with van der Waals surface area (Å²) < 4.78 is 13.4. The van der Waals surface area contributed by atoms with Crippen molar-refractivity contribution in [3.05, 3.63) is 83.0 Å². The van der Waals surface area contributed by atoms with Gasteiger partial charge in [0.1, 0.15) is 18.4 Å². The molecule has 8 heteroatoms. The van der Waals surface area contributed by atoms with E-state index in [2.05, 4.69) is 15.9 Å². The van der Waals surface area contributed by atoms with Crippen molar-refractivity contribution in [3.63, 3.8) is 0 Å². The minimum atomic E-state index is -0.377. The number of ether oxygens (including phenoxy) is 2. The number of halogens is 1. The van der Waals surface area contributed by atoms with Crippen LogP contribution in [0.3, 0.4) is 0 Å². The summed E-state index contributed by atoms with van der Waals surface area (Å²) in [6, 6.07) is 13.4. The molecule has 1 unspecified atom stereocenters. The van der Waals surface area contributed by atoms with E-state index >= 15 is 0 Å². The molecule has 36 heavy (non-hydrogen) atoms. The standard InChI is InChI=1S/C28H27ClN4O3/c1-2-3-16-36-28(34)33-14-11-23-24-18-21(29)7-10-25(24)31-26(23)27(33)20-5-8-22(9-6-20)35-17-4-13-32-15-12-30-19-32/h1,5-10,12,15,18-19,27,31H,3-4,11,13-14,16-17H2. The van der Waals surface area contributed by atoms with Gasteiger partial charge in [-0.15, -0.1) is 12.3 Å². The van der Waals surface area contributed by atoms with Gasteiger partial charge < -0.3 is 19.0 Å². The van der Waals surface area contributed by atoms with Crippen LogP contribution in [-0.4, -0.2) is 45.3 Å². The Kier molecular flexibility index (Phi) is 7.15. The van der Waals surface area contributed by atoms with E-state index in [1.165, 1.54) is 5.56 Å². The van der Waals surface area contributed by atoms with Crippen molar-refractivity contribution in [2.75, 3.05) is 19.8 Å². The lowest BCUT2D eigenvalue weighted by Crippen LogP contribution is -2.41. The second-order valence-electron chi connectivity index (χ2n) is 8.69. The maximum absolute atomic E-state index is 13.0. The number of amides is 1. The Bertz CT molecular complexity index is 1370. The number of nitrogens with one attached hydrogen (secondary N) is 1. The Hall–Kier alpha value is -3.89. The molecule has 5 rings (SSSR count). The number of nitrogens with zero attached hydrogens (tertiary/aromatic N) is 3. The zero-order valence-electron chi connectivity index (χ0n) is 19.8. The molecule has 0 saturated carbocycles. The van der Waals surface area contributed by atoms with Gasteiger partial charge in [0.2, 0.25) is 0 Å². The highest BCUT2D eigenvalue weighted by Crippen LogP contribution is 2.39. The molecule has 1 aliphatic heterocycles. The first-order valence-electron chi connectivity index (χ1n) is 12.0. The van der Waals surface area contributed by atoms with Crippen LogP contribution < -0.4 is 4.74 Å². The lowest BCUT2D eigenvalue weighted by atomic mass is 9.92. The molecule has 1 amide bonds. The first kappa shape index (κ1) is 23.8. The average Bonchev–Trinajstić information content (AvgIpc) is 3.54. The quantitative estimate of drug-likeness (QED) is 0.251. The van der Waals surface area contributed by atoms with Crippen molar-refractivity contribution in [1.29, 1.82) is 0 Å². The summed E-state index contributed by atoms with van der Waals surface area (Å²) in [5, 5.41) is 1.77.